The third-order valence-corrected chi connectivity index (χ3v) is 5.34. The van der Waals surface area contributed by atoms with Gasteiger partial charge in [-0.05, 0) is 26.0 Å². The summed E-state index contributed by atoms with van der Waals surface area (Å²) in [6, 6.07) is 0. The van der Waals surface area contributed by atoms with Crippen LogP contribution in [0.3, 0.4) is 0 Å². The number of nitrogens with zero attached hydrogens (tertiary/aromatic N) is 3. The lowest BCUT2D eigenvalue weighted by Gasteiger charge is -2.40. The largest absolute Gasteiger partial charge is 0.368 e. The van der Waals surface area contributed by atoms with Gasteiger partial charge in [0.2, 0.25) is 5.95 Å². The van der Waals surface area contributed by atoms with E-state index in [0.717, 1.165) is 29.9 Å². The third kappa shape index (κ3) is 2.42. The maximum absolute atomic E-state index is 4.56. The molecule has 0 atom stereocenters. The summed E-state index contributed by atoms with van der Waals surface area (Å²) in [6.07, 6.45) is 7.86. The molecule has 0 unspecified atom stereocenters. The molecule has 0 aromatic carbocycles. The first-order chi connectivity index (χ1) is 9.76. The Morgan fingerprint density at radius 1 is 1.35 bits per heavy atom. The topological polar surface area (TPSA) is 78.5 Å². The van der Waals surface area contributed by atoms with Gasteiger partial charge in [-0.25, -0.2) is 0 Å². The van der Waals surface area contributed by atoms with Crippen molar-refractivity contribution in [3.63, 3.8) is 0 Å². The predicted molar refractivity (Wildman–Crippen MR) is 84.4 cm³/mol. The van der Waals surface area contributed by atoms with Crippen molar-refractivity contribution in [1.82, 2.24) is 20.2 Å². The Hall–Kier alpha value is -1.50. The first-order valence-corrected chi connectivity index (χ1v) is 8.23. The van der Waals surface area contributed by atoms with Gasteiger partial charge in [0.15, 0.2) is 5.65 Å². The van der Waals surface area contributed by atoms with Gasteiger partial charge in [-0.3, -0.25) is 5.10 Å². The maximum Gasteiger partial charge on any atom is 0.226 e. The molecule has 20 heavy (non-hydrogen) atoms. The highest BCUT2D eigenvalue weighted by molar-refractivity contribution is 8.00. The molecule has 1 aliphatic rings. The molecule has 2 aromatic rings. The monoisotopic (exact) mass is 292 g/mol. The molecule has 6 nitrogen and oxygen atoms in total. The van der Waals surface area contributed by atoms with Crippen molar-refractivity contribution >= 4 is 34.6 Å². The van der Waals surface area contributed by atoms with Gasteiger partial charge >= 0.3 is 0 Å². The average molecular weight is 292 g/mol. The van der Waals surface area contributed by atoms with Crippen LogP contribution in [0.4, 0.5) is 11.8 Å². The van der Waals surface area contributed by atoms with E-state index in [0.29, 0.717) is 10.7 Å². The van der Waals surface area contributed by atoms with E-state index in [-0.39, 0.29) is 0 Å². The highest BCUT2D eigenvalue weighted by Gasteiger charge is 2.36. The first kappa shape index (κ1) is 13.5. The van der Waals surface area contributed by atoms with E-state index in [1.807, 2.05) is 18.7 Å². The lowest BCUT2D eigenvalue weighted by Crippen LogP contribution is -2.40. The summed E-state index contributed by atoms with van der Waals surface area (Å²) >= 11 is 1.96. The summed E-state index contributed by atoms with van der Waals surface area (Å²) in [5.41, 5.74) is 0.769. The highest BCUT2D eigenvalue weighted by Crippen LogP contribution is 2.42. The number of H-pyrrole nitrogens is 1. The first-order valence-electron chi connectivity index (χ1n) is 7.00. The average Bonchev–Trinajstić information content (AvgIpc) is 2.86. The van der Waals surface area contributed by atoms with E-state index < -0.39 is 0 Å². The number of aromatic amines is 1. The normalized spacial score (nSPS) is 16.9. The number of anilines is 2. The van der Waals surface area contributed by atoms with Gasteiger partial charge in [-0.2, -0.15) is 26.8 Å². The van der Waals surface area contributed by atoms with Gasteiger partial charge in [0.1, 0.15) is 5.82 Å². The van der Waals surface area contributed by atoms with Crippen LogP contribution in [0.5, 0.6) is 0 Å². The van der Waals surface area contributed by atoms with Crippen LogP contribution in [0.2, 0.25) is 0 Å². The Morgan fingerprint density at radius 2 is 2.20 bits per heavy atom. The zero-order chi connectivity index (χ0) is 14.0. The summed E-state index contributed by atoms with van der Waals surface area (Å²) in [7, 11) is 0. The Balaban J connectivity index is 1.83. The van der Waals surface area contributed by atoms with Crippen molar-refractivity contribution < 1.29 is 0 Å². The van der Waals surface area contributed by atoms with Crippen LogP contribution >= 0.6 is 11.8 Å². The van der Waals surface area contributed by atoms with Crippen molar-refractivity contribution in [2.45, 2.75) is 30.9 Å². The molecule has 1 aliphatic carbocycles. The second-order valence-corrected chi connectivity index (χ2v) is 6.43. The minimum absolute atomic E-state index is 0.374. The summed E-state index contributed by atoms with van der Waals surface area (Å²) in [5, 5.41) is 14.6. The maximum atomic E-state index is 4.56. The molecule has 0 saturated heterocycles. The van der Waals surface area contributed by atoms with Crippen LogP contribution in [-0.4, -0.2) is 44.3 Å². The molecule has 0 amide bonds. The lowest BCUT2D eigenvalue weighted by atomic mass is 9.84. The smallest absolute Gasteiger partial charge is 0.226 e. The Labute approximate surface area is 122 Å². The minimum Gasteiger partial charge on any atom is -0.368 e. The highest BCUT2D eigenvalue weighted by atomic mass is 32.2. The number of hydrogen-bond donors (Lipinski definition) is 3. The Morgan fingerprint density at radius 3 is 2.85 bits per heavy atom. The summed E-state index contributed by atoms with van der Waals surface area (Å²) < 4.78 is 0.374. The summed E-state index contributed by atoms with van der Waals surface area (Å²) in [6.45, 7) is 3.77. The zero-order valence-electron chi connectivity index (χ0n) is 11.9. The fraction of sp³-hybridized carbons (Fsp3) is 0.615. The molecule has 1 fully saturated rings. The second kappa shape index (κ2) is 5.47. The molecule has 3 N–H and O–H groups in total. The molecule has 0 bridgehead atoms. The van der Waals surface area contributed by atoms with Gasteiger partial charge in [0, 0.05) is 17.8 Å². The summed E-state index contributed by atoms with van der Waals surface area (Å²) in [4.78, 5) is 8.95. The van der Waals surface area contributed by atoms with Gasteiger partial charge in [-0.15, -0.1) is 0 Å². The van der Waals surface area contributed by atoms with Crippen LogP contribution in [0.25, 0.3) is 11.0 Å². The fourth-order valence-electron chi connectivity index (χ4n) is 2.48. The number of nitrogens with one attached hydrogen (secondary N) is 3. The number of aromatic nitrogens is 4. The standard InChI is InChI=1S/C13H20N6S/c1-3-14-12-17-10(9-7-16-19-11(9)18-12)15-8-13(20-2)5-4-6-13/h7H,3-6,8H2,1-2H3,(H3,14,15,16,17,18,19). The molecule has 0 radical (unpaired) electrons. The van der Waals surface area contributed by atoms with Crippen LogP contribution in [0, 0.1) is 0 Å². The molecular weight excluding hydrogens is 272 g/mol. The van der Waals surface area contributed by atoms with Crippen molar-refractivity contribution in [3.05, 3.63) is 6.20 Å². The Bertz CT molecular complexity index is 586. The van der Waals surface area contributed by atoms with Crippen molar-refractivity contribution in [2.75, 3.05) is 30.0 Å². The van der Waals surface area contributed by atoms with Gasteiger partial charge < -0.3 is 10.6 Å². The quantitative estimate of drug-likeness (QED) is 0.759. The van der Waals surface area contributed by atoms with Crippen LogP contribution in [0.15, 0.2) is 6.20 Å². The van der Waals surface area contributed by atoms with Crippen molar-refractivity contribution in [1.29, 1.82) is 0 Å². The molecule has 2 heterocycles. The van der Waals surface area contributed by atoms with Crippen molar-refractivity contribution in [3.8, 4) is 0 Å². The fourth-order valence-corrected chi connectivity index (χ4v) is 3.39. The van der Waals surface area contributed by atoms with E-state index in [2.05, 4.69) is 37.1 Å². The number of fused-ring (bicyclic) bond motifs is 1. The van der Waals surface area contributed by atoms with Gasteiger partial charge in [0.25, 0.3) is 0 Å². The number of rotatable bonds is 6. The molecule has 7 heteroatoms. The SMILES string of the molecule is CCNc1nc(NCC2(SC)CCC2)c2cn[nH]c2n1. The van der Waals surface area contributed by atoms with E-state index in [4.69, 9.17) is 0 Å². The molecule has 108 valence electrons. The predicted octanol–water partition coefficient (Wildman–Crippen LogP) is 2.48. The van der Waals surface area contributed by atoms with E-state index >= 15 is 0 Å². The molecule has 0 spiro atoms. The van der Waals surface area contributed by atoms with Crippen LogP contribution in [0.1, 0.15) is 26.2 Å². The molecule has 0 aliphatic heterocycles. The zero-order valence-corrected chi connectivity index (χ0v) is 12.7. The van der Waals surface area contributed by atoms with E-state index in [1.165, 1.54) is 19.3 Å². The Kier molecular flexibility index (Phi) is 3.69. The minimum atomic E-state index is 0.374. The van der Waals surface area contributed by atoms with Crippen LogP contribution < -0.4 is 10.6 Å². The number of hydrogen-bond acceptors (Lipinski definition) is 6. The molecule has 3 rings (SSSR count). The number of thioether (sulfide) groups is 1. The van der Waals surface area contributed by atoms with E-state index in [9.17, 15) is 0 Å². The lowest BCUT2D eigenvalue weighted by molar-refractivity contribution is 0.379. The molecular formula is C13H20N6S. The van der Waals surface area contributed by atoms with Gasteiger partial charge in [-0.1, -0.05) is 6.42 Å². The van der Waals surface area contributed by atoms with Crippen LogP contribution in [-0.2, 0) is 0 Å². The summed E-state index contributed by atoms with van der Waals surface area (Å²) in [5.74, 6) is 1.50. The second-order valence-electron chi connectivity index (χ2n) is 5.15. The van der Waals surface area contributed by atoms with Crippen molar-refractivity contribution in [2.24, 2.45) is 0 Å². The molecule has 1 saturated carbocycles. The third-order valence-electron chi connectivity index (χ3n) is 3.92. The van der Waals surface area contributed by atoms with E-state index in [1.54, 1.807) is 6.20 Å². The van der Waals surface area contributed by atoms with Gasteiger partial charge in [0.05, 0.1) is 11.6 Å². The molecule has 2 aromatic heterocycles.